The molecule has 1 aromatic heterocycles. The number of epoxide rings is 2. The lowest BCUT2D eigenvalue weighted by Gasteiger charge is -2.65. The zero-order valence-corrected chi connectivity index (χ0v) is 19.3. The van der Waals surface area contributed by atoms with Gasteiger partial charge in [-0.15, -0.1) is 0 Å². The fourth-order valence-corrected chi connectivity index (χ4v) is 9.75. The Kier molecular flexibility index (Phi) is 3.16. The second-order valence-corrected chi connectivity index (χ2v) is 12.4. The number of furan rings is 1. The van der Waals surface area contributed by atoms with Crippen molar-refractivity contribution in [3.63, 3.8) is 0 Å². The number of hydrogen-bond acceptors (Lipinski definition) is 6. The lowest BCUT2D eigenvalue weighted by atomic mass is 9.36. The second-order valence-electron chi connectivity index (χ2n) is 12.4. The lowest BCUT2D eigenvalue weighted by molar-refractivity contribution is -0.198. The summed E-state index contributed by atoms with van der Waals surface area (Å²) in [4.78, 5) is 40.7. The smallest absolute Gasteiger partial charge is 0.172 e. The summed E-state index contributed by atoms with van der Waals surface area (Å²) in [6.07, 6.45) is 4.21. The van der Waals surface area contributed by atoms with Gasteiger partial charge in [0.25, 0.3) is 0 Å². The predicted molar refractivity (Wildman–Crippen MR) is 112 cm³/mol. The van der Waals surface area contributed by atoms with Crippen LogP contribution in [0.1, 0.15) is 65.4 Å². The molecule has 1 aromatic rings. The molecule has 10 atom stereocenters. The van der Waals surface area contributed by atoms with Crippen LogP contribution >= 0.6 is 0 Å². The Hall–Kier alpha value is -1.79. The third-order valence-corrected chi connectivity index (χ3v) is 11.3. The lowest BCUT2D eigenvalue weighted by Crippen LogP contribution is -2.70. The van der Waals surface area contributed by atoms with E-state index in [2.05, 4.69) is 20.8 Å². The van der Waals surface area contributed by atoms with Crippen molar-refractivity contribution in [1.82, 2.24) is 0 Å². The summed E-state index contributed by atoms with van der Waals surface area (Å²) in [6, 6.07) is 1.87. The highest BCUT2D eigenvalue weighted by Gasteiger charge is 2.91. The van der Waals surface area contributed by atoms with Crippen molar-refractivity contribution in [2.75, 3.05) is 0 Å². The van der Waals surface area contributed by atoms with Crippen molar-refractivity contribution in [2.45, 2.75) is 83.7 Å². The third-order valence-electron chi connectivity index (χ3n) is 11.3. The fraction of sp³-hybridized carbons (Fsp3) is 0.731. The summed E-state index contributed by atoms with van der Waals surface area (Å²) in [5.74, 6) is 0.00549. The van der Waals surface area contributed by atoms with E-state index in [-0.39, 0.29) is 52.7 Å². The molecule has 0 N–H and O–H groups in total. The summed E-state index contributed by atoms with van der Waals surface area (Å²) in [7, 11) is 0. The molecule has 6 aliphatic rings. The molecule has 6 fully saturated rings. The second kappa shape index (κ2) is 5.15. The predicted octanol–water partition coefficient (Wildman–Crippen LogP) is 3.48. The molecular formula is C26H30O6. The van der Waals surface area contributed by atoms with Crippen LogP contribution in [0.15, 0.2) is 23.0 Å². The highest BCUT2D eigenvalue weighted by Crippen LogP contribution is 2.81. The Bertz CT molecular complexity index is 1100. The van der Waals surface area contributed by atoms with Crippen molar-refractivity contribution in [3.8, 4) is 0 Å². The first-order valence-electron chi connectivity index (χ1n) is 11.9. The number of carbonyl (C=O) groups excluding carboxylic acids is 3. The van der Waals surface area contributed by atoms with E-state index in [1.165, 1.54) is 0 Å². The Balaban J connectivity index is 1.40. The quantitative estimate of drug-likeness (QED) is 0.624. The summed E-state index contributed by atoms with van der Waals surface area (Å²) in [5.41, 5.74) is -2.05. The SMILES string of the molecule is CC1(C)C(=O)C2OC2[C@]2(C)[C@H]3CC[C@@]4(C)[C@H](c5ccoc5)C(=O)[C@H]5O[C@]54[C@]3(C)C(=O)C[C@@H]12. The summed E-state index contributed by atoms with van der Waals surface area (Å²) >= 11 is 0. The van der Waals surface area contributed by atoms with Gasteiger partial charge < -0.3 is 13.9 Å². The largest absolute Gasteiger partial charge is 0.472 e. The monoisotopic (exact) mass is 438 g/mol. The van der Waals surface area contributed by atoms with Crippen LogP contribution in [-0.2, 0) is 23.9 Å². The van der Waals surface area contributed by atoms with Crippen molar-refractivity contribution < 1.29 is 28.3 Å². The number of Topliss-reactive ketones (excluding diaryl/α,β-unsaturated/α-hetero) is 3. The van der Waals surface area contributed by atoms with Crippen LogP contribution in [0.2, 0.25) is 0 Å². The molecule has 2 unspecified atom stereocenters. The van der Waals surface area contributed by atoms with Gasteiger partial charge >= 0.3 is 0 Å². The Morgan fingerprint density at radius 1 is 1.03 bits per heavy atom. The normalized spacial score (nSPS) is 56.6. The van der Waals surface area contributed by atoms with Gasteiger partial charge in [-0.1, -0.05) is 27.7 Å². The van der Waals surface area contributed by atoms with Crippen molar-refractivity contribution in [3.05, 3.63) is 24.2 Å². The summed E-state index contributed by atoms with van der Waals surface area (Å²) in [5, 5.41) is 0. The highest BCUT2D eigenvalue weighted by atomic mass is 16.6. The van der Waals surface area contributed by atoms with Gasteiger partial charge in [-0.05, 0) is 37.7 Å². The van der Waals surface area contributed by atoms with Crippen LogP contribution in [-0.4, -0.2) is 41.3 Å². The Morgan fingerprint density at radius 2 is 1.78 bits per heavy atom. The van der Waals surface area contributed by atoms with Crippen LogP contribution in [0, 0.1) is 33.5 Å². The number of hydrogen-bond donors (Lipinski definition) is 0. The van der Waals surface area contributed by atoms with Gasteiger partial charge in [0, 0.05) is 28.2 Å². The molecule has 0 amide bonds. The third kappa shape index (κ3) is 1.66. The number of rotatable bonds is 1. The van der Waals surface area contributed by atoms with Crippen LogP contribution in [0.4, 0.5) is 0 Å². The summed E-state index contributed by atoms with van der Waals surface area (Å²) < 4.78 is 17.7. The molecular weight excluding hydrogens is 408 g/mol. The van der Waals surface area contributed by atoms with Crippen LogP contribution in [0.5, 0.6) is 0 Å². The molecule has 6 nitrogen and oxygen atoms in total. The maximum absolute atomic E-state index is 14.1. The molecule has 0 radical (unpaired) electrons. The van der Waals surface area contributed by atoms with Gasteiger partial charge in [0.2, 0.25) is 0 Å². The molecule has 0 aromatic carbocycles. The van der Waals surface area contributed by atoms with Gasteiger partial charge in [0.1, 0.15) is 23.6 Å². The molecule has 3 heterocycles. The van der Waals surface area contributed by atoms with E-state index in [9.17, 15) is 14.4 Å². The molecule has 2 aliphatic heterocycles. The average Bonchev–Trinajstić information content (AvgIpc) is 3.62. The first-order valence-corrected chi connectivity index (χ1v) is 11.9. The highest BCUT2D eigenvalue weighted by molar-refractivity contribution is 6.02. The van der Waals surface area contributed by atoms with Crippen molar-refractivity contribution in [2.24, 2.45) is 33.5 Å². The molecule has 32 heavy (non-hydrogen) atoms. The number of carbonyl (C=O) groups is 3. The fourth-order valence-electron chi connectivity index (χ4n) is 9.75. The minimum Gasteiger partial charge on any atom is -0.472 e. The molecule has 6 heteroatoms. The van der Waals surface area contributed by atoms with E-state index in [0.29, 0.717) is 6.42 Å². The van der Waals surface area contributed by atoms with Gasteiger partial charge in [0.15, 0.2) is 11.6 Å². The first-order chi connectivity index (χ1) is 15.0. The zero-order chi connectivity index (χ0) is 22.6. The Morgan fingerprint density at radius 3 is 2.47 bits per heavy atom. The number of ketones is 3. The first kappa shape index (κ1) is 19.7. The van der Waals surface area contributed by atoms with E-state index in [0.717, 1.165) is 18.4 Å². The van der Waals surface area contributed by atoms with Crippen molar-refractivity contribution in [1.29, 1.82) is 0 Å². The van der Waals surface area contributed by atoms with Gasteiger partial charge in [-0.2, -0.15) is 0 Å². The topological polar surface area (TPSA) is 89.4 Å². The molecule has 1 spiro atoms. The van der Waals surface area contributed by atoms with Gasteiger partial charge in [-0.25, -0.2) is 0 Å². The number of fused-ring (bicyclic) bond motifs is 5. The zero-order valence-electron chi connectivity index (χ0n) is 19.3. The van der Waals surface area contributed by atoms with E-state index in [1.807, 2.05) is 19.9 Å². The van der Waals surface area contributed by atoms with Gasteiger partial charge in [-0.3, -0.25) is 14.4 Å². The van der Waals surface area contributed by atoms with E-state index < -0.39 is 27.9 Å². The molecule has 170 valence electrons. The standard InChI is InChI=1S/C26H30O6/c1-22(2)14-10-15(27)25(5)13(24(14,4)21-18(31-21)19(22)29)6-8-23(3)16(12-7-9-30-11-12)17(28)20-26(23,25)32-20/h7,9,11,13-14,16,18,20-21H,6,8,10H2,1-5H3/t13-,14+,16-,18?,20-,21?,23+,24-,25+,26-/m1/s1. The van der Waals surface area contributed by atoms with Crippen LogP contribution in [0.3, 0.4) is 0 Å². The minimum absolute atomic E-state index is 0.0117. The van der Waals surface area contributed by atoms with Crippen LogP contribution in [0.25, 0.3) is 0 Å². The average molecular weight is 439 g/mol. The van der Waals surface area contributed by atoms with Crippen LogP contribution < -0.4 is 0 Å². The molecule has 7 rings (SSSR count). The molecule has 2 saturated heterocycles. The van der Waals surface area contributed by atoms with E-state index in [1.54, 1.807) is 12.5 Å². The minimum atomic E-state index is -0.789. The van der Waals surface area contributed by atoms with Crippen molar-refractivity contribution >= 4 is 17.3 Å². The van der Waals surface area contributed by atoms with E-state index >= 15 is 0 Å². The van der Waals surface area contributed by atoms with Gasteiger partial charge in [0.05, 0.1) is 30.0 Å². The summed E-state index contributed by atoms with van der Waals surface area (Å²) in [6.45, 7) is 10.4. The van der Waals surface area contributed by atoms with E-state index in [4.69, 9.17) is 13.9 Å². The maximum Gasteiger partial charge on any atom is 0.172 e. The molecule has 4 aliphatic carbocycles. The molecule has 0 bridgehead atoms. The molecule has 4 saturated carbocycles. The Labute approximate surface area is 187 Å². The number of ether oxygens (including phenoxy) is 2. The maximum atomic E-state index is 14.1.